The van der Waals surface area contributed by atoms with Crippen molar-refractivity contribution in [1.29, 1.82) is 0 Å². The van der Waals surface area contributed by atoms with Gasteiger partial charge in [0.05, 0.1) is 11.1 Å². The molecule has 2 rings (SSSR count). The molecular weight excluding hydrogens is 238 g/mol. The summed E-state index contributed by atoms with van der Waals surface area (Å²) < 4.78 is 0. The van der Waals surface area contributed by atoms with E-state index in [0.29, 0.717) is 31.1 Å². The fourth-order valence-corrected chi connectivity index (χ4v) is 2.38. The zero-order valence-corrected chi connectivity index (χ0v) is 10.4. The Balaban J connectivity index is 1.81. The van der Waals surface area contributed by atoms with Crippen LogP contribution in [-0.2, 0) is 6.42 Å². The molecular formula is C11H17N3O2S. The van der Waals surface area contributed by atoms with Crippen molar-refractivity contribution in [3.63, 3.8) is 0 Å². The Bertz CT molecular complexity index is 390. The lowest BCUT2D eigenvalue weighted by atomic mass is 10.2. The van der Waals surface area contributed by atoms with Crippen molar-refractivity contribution in [1.82, 2.24) is 10.3 Å². The quantitative estimate of drug-likeness (QED) is 0.675. The normalized spacial score (nSPS) is 16.8. The number of nitrogens with zero attached hydrogens (tertiary/aromatic N) is 1. The van der Waals surface area contributed by atoms with Crippen molar-refractivity contribution in [2.45, 2.75) is 25.4 Å². The highest BCUT2D eigenvalue weighted by atomic mass is 32.1. The van der Waals surface area contributed by atoms with Crippen molar-refractivity contribution in [3.8, 4) is 0 Å². The third-order valence-electron chi connectivity index (χ3n) is 2.78. The molecule has 1 aromatic heterocycles. The number of nitrogens with one attached hydrogen (secondary N) is 1. The van der Waals surface area contributed by atoms with Crippen LogP contribution >= 0.6 is 11.3 Å². The van der Waals surface area contributed by atoms with Crippen LogP contribution in [0.2, 0.25) is 0 Å². The average Bonchev–Trinajstić information content (AvgIpc) is 3.07. The number of aliphatic hydroxyl groups is 1. The molecule has 17 heavy (non-hydrogen) atoms. The van der Waals surface area contributed by atoms with E-state index < -0.39 is 6.10 Å². The Hall–Kier alpha value is -0.980. The zero-order chi connectivity index (χ0) is 12.3. The molecule has 4 N–H and O–H groups in total. The molecule has 0 spiro atoms. The van der Waals surface area contributed by atoms with E-state index in [9.17, 15) is 9.90 Å². The van der Waals surface area contributed by atoms with E-state index in [1.807, 2.05) is 0 Å². The first-order chi connectivity index (χ1) is 8.20. The molecule has 94 valence electrons. The summed E-state index contributed by atoms with van der Waals surface area (Å²) in [5, 5.41) is 14.9. The lowest BCUT2D eigenvalue weighted by Crippen LogP contribution is -2.33. The summed E-state index contributed by atoms with van der Waals surface area (Å²) in [6.07, 6.45) is 2.41. The SMILES string of the molecule is NCCc1nc(C(=O)NCC(O)C2CC2)cs1. The predicted molar refractivity (Wildman–Crippen MR) is 65.9 cm³/mol. The van der Waals surface area contributed by atoms with Crippen LogP contribution in [0.5, 0.6) is 0 Å². The maximum atomic E-state index is 11.7. The maximum absolute atomic E-state index is 11.7. The highest BCUT2D eigenvalue weighted by Crippen LogP contribution is 2.32. The Kier molecular flexibility index (Phi) is 4.09. The van der Waals surface area contributed by atoms with Crippen LogP contribution in [0.25, 0.3) is 0 Å². The molecule has 1 heterocycles. The van der Waals surface area contributed by atoms with Crippen molar-refractivity contribution in [2.75, 3.05) is 13.1 Å². The Morgan fingerprint density at radius 3 is 3.12 bits per heavy atom. The van der Waals surface area contributed by atoms with Crippen molar-refractivity contribution in [3.05, 3.63) is 16.1 Å². The number of amides is 1. The van der Waals surface area contributed by atoms with E-state index >= 15 is 0 Å². The summed E-state index contributed by atoms with van der Waals surface area (Å²) in [5.41, 5.74) is 5.84. The molecule has 1 unspecified atom stereocenters. The summed E-state index contributed by atoms with van der Waals surface area (Å²) >= 11 is 1.44. The second-order valence-electron chi connectivity index (χ2n) is 4.28. The Labute approximate surface area is 104 Å². The summed E-state index contributed by atoms with van der Waals surface area (Å²) in [6.45, 7) is 0.849. The summed E-state index contributed by atoms with van der Waals surface area (Å²) in [5.74, 6) is 0.155. The van der Waals surface area contributed by atoms with Gasteiger partial charge in [-0.25, -0.2) is 4.98 Å². The van der Waals surface area contributed by atoms with Crippen molar-refractivity contribution in [2.24, 2.45) is 11.7 Å². The van der Waals surface area contributed by atoms with E-state index in [1.165, 1.54) is 11.3 Å². The fourth-order valence-electron chi connectivity index (χ4n) is 1.59. The number of carbonyl (C=O) groups is 1. The number of thiazole rings is 1. The van der Waals surface area contributed by atoms with E-state index in [2.05, 4.69) is 10.3 Å². The van der Waals surface area contributed by atoms with Gasteiger partial charge in [-0.2, -0.15) is 0 Å². The van der Waals surface area contributed by atoms with Gasteiger partial charge in [-0.05, 0) is 25.3 Å². The van der Waals surface area contributed by atoms with Gasteiger partial charge in [0.1, 0.15) is 5.69 Å². The number of carbonyl (C=O) groups excluding carboxylic acids is 1. The van der Waals surface area contributed by atoms with Crippen LogP contribution in [0.1, 0.15) is 28.3 Å². The molecule has 1 aliphatic rings. The van der Waals surface area contributed by atoms with E-state index in [4.69, 9.17) is 5.73 Å². The minimum absolute atomic E-state index is 0.218. The highest BCUT2D eigenvalue weighted by Gasteiger charge is 2.29. The van der Waals surface area contributed by atoms with Crippen LogP contribution in [0.15, 0.2) is 5.38 Å². The first-order valence-corrected chi connectivity index (χ1v) is 6.69. The van der Waals surface area contributed by atoms with E-state index in [0.717, 1.165) is 17.8 Å². The first-order valence-electron chi connectivity index (χ1n) is 5.81. The van der Waals surface area contributed by atoms with Crippen LogP contribution < -0.4 is 11.1 Å². The molecule has 5 nitrogen and oxygen atoms in total. The molecule has 1 aliphatic carbocycles. The number of hydrogen-bond acceptors (Lipinski definition) is 5. The summed E-state index contributed by atoms with van der Waals surface area (Å²) in [6, 6.07) is 0. The molecule has 1 aromatic rings. The molecule has 1 atom stereocenters. The lowest BCUT2D eigenvalue weighted by Gasteiger charge is -2.09. The predicted octanol–water partition coefficient (Wildman–Crippen LogP) is 0.145. The smallest absolute Gasteiger partial charge is 0.270 e. The zero-order valence-electron chi connectivity index (χ0n) is 9.56. The summed E-state index contributed by atoms with van der Waals surface area (Å²) in [7, 11) is 0. The van der Waals surface area contributed by atoms with Crippen LogP contribution in [0, 0.1) is 5.92 Å². The minimum atomic E-state index is -0.416. The Morgan fingerprint density at radius 2 is 2.47 bits per heavy atom. The van der Waals surface area contributed by atoms with E-state index in [1.54, 1.807) is 5.38 Å². The van der Waals surface area contributed by atoms with Gasteiger partial charge in [0.25, 0.3) is 5.91 Å². The number of aliphatic hydroxyl groups excluding tert-OH is 1. The molecule has 1 fully saturated rings. The number of nitrogens with two attached hydrogens (primary N) is 1. The van der Waals surface area contributed by atoms with Gasteiger partial charge >= 0.3 is 0 Å². The maximum Gasteiger partial charge on any atom is 0.270 e. The fraction of sp³-hybridized carbons (Fsp3) is 0.636. The topological polar surface area (TPSA) is 88.2 Å². The molecule has 0 bridgehead atoms. The molecule has 0 aliphatic heterocycles. The van der Waals surface area contributed by atoms with Crippen LogP contribution in [0.4, 0.5) is 0 Å². The van der Waals surface area contributed by atoms with E-state index in [-0.39, 0.29) is 5.91 Å². The third-order valence-corrected chi connectivity index (χ3v) is 3.69. The Morgan fingerprint density at radius 1 is 1.71 bits per heavy atom. The van der Waals surface area contributed by atoms with Crippen LogP contribution in [0.3, 0.4) is 0 Å². The number of rotatable bonds is 6. The van der Waals surface area contributed by atoms with Gasteiger partial charge in [0, 0.05) is 18.3 Å². The molecule has 0 aromatic carbocycles. The molecule has 0 saturated heterocycles. The van der Waals surface area contributed by atoms with Gasteiger partial charge in [0.2, 0.25) is 0 Å². The summed E-state index contributed by atoms with van der Waals surface area (Å²) in [4.78, 5) is 15.9. The van der Waals surface area contributed by atoms with Gasteiger partial charge in [0.15, 0.2) is 0 Å². The highest BCUT2D eigenvalue weighted by molar-refractivity contribution is 7.09. The molecule has 6 heteroatoms. The molecule has 1 saturated carbocycles. The second-order valence-corrected chi connectivity index (χ2v) is 5.22. The van der Waals surface area contributed by atoms with Gasteiger partial charge < -0.3 is 16.2 Å². The second kappa shape index (κ2) is 5.57. The monoisotopic (exact) mass is 255 g/mol. The third kappa shape index (κ3) is 3.49. The number of hydrogen-bond donors (Lipinski definition) is 3. The average molecular weight is 255 g/mol. The van der Waals surface area contributed by atoms with Gasteiger partial charge in [-0.3, -0.25) is 4.79 Å². The number of aromatic nitrogens is 1. The largest absolute Gasteiger partial charge is 0.391 e. The van der Waals surface area contributed by atoms with Crippen LogP contribution in [-0.4, -0.2) is 35.2 Å². The molecule has 1 amide bonds. The standard InChI is InChI=1S/C11H17N3O2S/c12-4-3-10-14-8(6-17-10)11(16)13-5-9(15)7-1-2-7/h6-7,9,15H,1-5,12H2,(H,13,16). The van der Waals surface area contributed by atoms with Gasteiger partial charge in [-0.15, -0.1) is 11.3 Å². The lowest BCUT2D eigenvalue weighted by molar-refractivity contribution is 0.0897. The molecule has 0 radical (unpaired) electrons. The van der Waals surface area contributed by atoms with Crippen molar-refractivity contribution >= 4 is 17.2 Å². The first kappa shape index (κ1) is 12.5. The minimum Gasteiger partial charge on any atom is -0.391 e. The van der Waals surface area contributed by atoms with Gasteiger partial charge in [-0.1, -0.05) is 0 Å². The van der Waals surface area contributed by atoms with Crippen molar-refractivity contribution < 1.29 is 9.90 Å².